The number of hydrogen-bond donors (Lipinski definition) is 2. The van der Waals surface area contributed by atoms with Crippen molar-refractivity contribution in [3.8, 4) is 11.8 Å². The average molecular weight is 343 g/mol. The fourth-order valence-corrected chi connectivity index (χ4v) is 3.21. The molecule has 1 aliphatic rings. The number of carboxylic acids is 1. The molecule has 4 nitrogen and oxygen atoms in total. The van der Waals surface area contributed by atoms with Crippen molar-refractivity contribution in [3.05, 3.63) is 35.9 Å². The fourth-order valence-electron chi connectivity index (χ4n) is 3.21. The van der Waals surface area contributed by atoms with Crippen molar-refractivity contribution >= 4 is 5.97 Å². The van der Waals surface area contributed by atoms with E-state index in [1.165, 1.54) is 6.42 Å². The summed E-state index contributed by atoms with van der Waals surface area (Å²) in [5.74, 6) is 5.11. The SMILES string of the molecule is CCCNCC#CC[C@@](OC1CCCCC1)(C(=O)O)c1ccccc1. The van der Waals surface area contributed by atoms with E-state index in [0.29, 0.717) is 12.1 Å². The number of carboxylic acid groups (broad SMARTS) is 1. The molecule has 1 fully saturated rings. The molecule has 1 saturated carbocycles. The van der Waals surface area contributed by atoms with E-state index in [-0.39, 0.29) is 12.5 Å². The first-order chi connectivity index (χ1) is 12.2. The van der Waals surface area contributed by atoms with E-state index in [4.69, 9.17) is 4.74 Å². The van der Waals surface area contributed by atoms with Gasteiger partial charge in [-0.05, 0) is 31.4 Å². The van der Waals surface area contributed by atoms with E-state index in [2.05, 4.69) is 24.1 Å². The molecule has 2 rings (SSSR count). The Morgan fingerprint density at radius 3 is 2.60 bits per heavy atom. The zero-order valence-electron chi connectivity index (χ0n) is 15.1. The summed E-state index contributed by atoms with van der Waals surface area (Å²) >= 11 is 0. The first kappa shape index (κ1) is 19.5. The summed E-state index contributed by atoms with van der Waals surface area (Å²) < 4.78 is 6.23. The van der Waals surface area contributed by atoms with E-state index >= 15 is 0 Å². The van der Waals surface area contributed by atoms with Crippen LogP contribution in [0.2, 0.25) is 0 Å². The highest BCUT2D eigenvalue weighted by molar-refractivity contribution is 5.80. The second kappa shape index (κ2) is 10.2. The summed E-state index contributed by atoms with van der Waals surface area (Å²) in [6.07, 6.45) is 6.45. The minimum absolute atomic E-state index is 0.00919. The number of aliphatic carboxylic acids is 1. The van der Waals surface area contributed by atoms with Crippen molar-refractivity contribution < 1.29 is 14.6 Å². The van der Waals surface area contributed by atoms with Crippen molar-refractivity contribution in [1.82, 2.24) is 5.32 Å². The van der Waals surface area contributed by atoms with Crippen LogP contribution < -0.4 is 5.32 Å². The number of benzene rings is 1. The van der Waals surface area contributed by atoms with Gasteiger partial charge in [-0.15, -0.1) is 0 Å². The quantitative estimate of drug-likeness (QED) is 0.558. The first-order valence-corrected chi connectivity index (χ1v) is 9.32. The van der Waals surface area contributed by atoms with E-state index in [0.717, 1.165) is 38.6 Å². The van der Waals surface area contributed by atoms with E-state index in [1.54, 1.807) is 0 Å². The number of carbonyl (C=O) groups is 1. The maximum atomic E-state index is 12.3. The lowest BCUT2D eigenvalue weighted by Gasteiger charge is -2.34. The molecule has 1 atom stereocenters. The molecule has 1 aromatic carbocycles. The largest absolute Gasteiger partial charge is 0.479 e. The Labute approximate surface area is 151 Å². The number of rotatable bonds is 8. The summed E-state index contributed by atoms with van der Waals surface area (Å²) in [5.41, 5.74) is -0.718. The maximum absolute atomic E-state index is 12.3. The van der Waals surface area contributed by atoms with E-state index in [1.807, 2.05) is 30.3 Å². The summed E-state index contributed by atoms with van der Waals surface area (Å²) in [6, 6.07) is 9.25. The molecule has 0 heterocycles. The van der Waals surface area contributed by atoms with Gasteiger partial charge in [-0.2, -0.15) is 0 Å². The molecule has 0 radical (unpaired) electrons. The first-order valence-electron chi connectivity index (χ1n) is 9.32. The zero-order chi connectivity index (χ0) is 18.0. The standard InChI is InChI=1S/C21H29NO3/c1-2-16-22-17-10-9-15-21(20(23)24,18-11-5-3-6-12-18)25-19-13-7-4-8-14-19/h3,5-6,11-12,19,22H,2,4,7-8,13-17H2,1H3,(H,23,24)/t21-/m0/s1. The van der Waals surface area contributed by atoms with Gasteiger partial charge in [0.15, 0.2) is 0 Å². The molecule has 0 amide bonds. The second-order valence-electron chi connectivity index (χ2n) is 6.58. The molecule has 1 aliphatic carbocycles. The highest BCUT2D eigenvalue weighted by Gasteiger charge is 2.43. The zero-order valence-corrected chi connectivity index (χ0v) is 15.1. The Morgan fingerprint density at radius 2 is 1.96 bits per heavy atom. The number of nitrogens with one attached hydrogen (secondary N) is 1. The molecule has 25 heavy (non-hydrogen) atoms. The van der Waals surface area contributed by atoms with Gasteiger partial charge in [-0.1, -0.05) is 68.4 Å². The normalized spacial score (nSPS) is 17.3. The minimum atomic E-state index is -1.39. The van der Waals surface area contributed by atoms with Gasteiger partial charge in [-0.25, -0.2) is 4.79 Å². The van der Waals surface area contributed by atoms with Gasteiger partial charge in [0.2, 0.25) is 5.60 Å². The number of hydrogen-bond acceptors (Lipinski definition) is 3. The Bertz CT molecular complexity index is 584. The van der Waals surface area contributed by atoms with Crippen molar-refractivity contribution in [3.63, 3.8) is 0 Å². The molecule has 2 N–H and O–H groups in total. The van der Waals surface area contributed by atoms with E-state index < -0.39 is 11.6 Å². The van der Waals surface area contributed by atoms with Crippen LogP contribution in [0.4, 0.5) is 0 Å². The third-order valence-corrected chi connectivity index (χ3v) is 4.61. The van der Waals surface area contributed by atoms with Crippen LogP contribution in [0.5, 0.6) is 0 Å². The predicted octanol–water partition coefficient (Wildman–Crippen LogP) is 3.71. The van der Waals surface area contributed by atoms with Crippen LogP contribution in [0.3, 0.4) is 0 Å². The lowest BCUT2D eigenvalue weighted by atomic mass is 9.88. The summed E-state index contributed by atoms with van der Waals surface area (Å²) in [7, 11) is 0. The molecule has 0 bridgehead atoms. The third-order valence-electron chi connectivity index (χ3n) is 4.61. The van der Waals surface area contributed by atoms with Gasteiger partial charge in [-0.3, -0.25) is 0 Å². The van der Waals surface area contributed by atoms with Gasteiger partial charge in [0.25, 0.3) is 0 Å². The molecular weight excluding hydrogens is 314 g/mol. The summed E-state index contributed by atoms with van der Waals surface area (Å²) in [5, 5.41) is 13.3. The molecular formula is C21H29NO3. The van der Waals surface area contributed by atoms with Crippen molar-refractivity contribution in [1.29, 1.82) is 0 Å². The van der Waals surface area contributed by atoms with Crippen LogP contribution in [-0.4, -0.2) is 30.3 Å². The van der Waals surface area contributed by atoms with Gasteiger partial charge < -0.3 is 15.2 Å². The number of ether oxygens (including phenoxy) is 1. The van der Waals surface area contributed by atoms with Crippen LogP contribution in [0, 0.1) is 11.8 Å². The Kier molecular flexibility index (Phi) is 7.97. The van der Waals surface area contributed by atoms with Crippen LogP contribution in [0.1, 0.15) is 57.4 Å². The molecule has 0 aliphatic heterocycles. The lowest BCUT2D eigenvalue weighted by molar-refractivity contribution is -0.178. The average Bonchev–Trinajstić information content (AvgIpc) is 2.65. The molecule has 4 heteroatoms. The Hall–Kier alpha value is -1.83. The fraction of sp³-hybridized carbons (Fsp3) is 0.571. The van der Waals surface area contributed by atoms with Crippen LogP contribution in [0.15, 0.2) is 30.3 Å². The van der Waals surface area contributed by atoms with Crippen LogP contribution in [0.25, 0.3) is 0 Å². The molecule has 0 unspecified atom stereocenters. The minimum Gasteiger partial charge on any atom is -0.479 e. The monoisotopic (exact) mass is 343 g/mol. The van der Waals surface area contributed by atoms with Crippen molar-refractivity contribution in [2.45, 2.75) is 63.6 Å². The van der Waals surface area contributed by atoms with Crippen LogP contribution >= 0.6 is 0 Å². The predicted molar refractivity (Wildman–Crippen MR) is 99.3 cm³/mol. The van der Waals surface area contributed by atoms with E-state index in [9.17, 15) is 9.90 Å². The second-order valence-corrected chi connectivity index (χ2v) is 6.58. The molecule has 0 saturated heterocycles. The van der Waals surface area contributed by atoms with Gasteiger partial charge in [0.1, 0.15) is 0 Å². The maximum Gasteiger partial charge on any atom is 0.341 e. The van der Waals surface area contributed by atoms with Crippen molar-refractivity contribution in [2.24, 2.45) is 0 Å². The van der Waals surface area contributed by atoms with Crippen molar-refractivity contribution in [2.75, 3.05) is 13.1 Å². The Balaban J connectivity index is 2.20. The highest BCUT2D eigenvalue weighted by Crippen LogP contribution is 2.35. The molecule has 136 valence electrons. The third kappa shape index (κ3) is 5.59. The summed E-state index contributed by atoms with van der Waals surface area (Å²) in [6.45, 7) is 3.58. The summed E-state index contributed by atoms with van der Waals surface area (Å²) in [4.78, 5) is 12.3. The van der Waals surface area contributed by atoms with Crippen LogP contribution in [-0.2, 0) is 15.1 Å². The topological polar surface area (TPSA) is 58.6 Å². The lowest BCUT2D eigenvalue weighted by Crippen LogP contribution is -2.42. The van der Waals surface area contributed by atoms with Gasteiger partial charge in [0, 0.05) is 0 Å². The molecule has 0 aromatic heterocycles. The molecule has 0 spiro atoms. The van der Waals surface area contributed by atoms with Gasteiger partial charge in [0.05, 0.1) is 19.1 Å². The Morgan fingerprint density at radius 1 is 1.24 bits per heavy atom. The smallest absolute Gasteiger partial charge is 0.341 e. The van der Waals surface area contributed by atoms with Gasteiger partial charge >= 0.3 is 5.97 Å². The highest BCUT2D eigenvalue weighted by atomic mass is 16.5. The molecule has 1 aromatic rings.